The first-order chi connectivity index (χ1) is 12.8. The molecule has 0 saturated heterocycles. The van der Waals surface area contributed by atoms with Crippen LogP contribution in [-0.2, 0) is 20.7 Å². The van der Waals surface area contributed by atoms with Crippen LogP contribution in [0, 0.1) is 0 Å². The second-order valence-corrected chi connectivity index (χ2v) is 7.53. The van der Waals surface area contributed by atoms with Crippen molar-refractivity contribution in [2.75, 3.05) is 11.9 Å². The second-order valence-electron chi connectivity index (χ2n) is 5.99. The third-order valence-corrected chi connectivity index (χ3v) is 5.11. The lowest BCUT2D eigenvalue weighted by atomic mass is 10.0. The molecule has 0 fully saturated rings. The summed E-state index contributed by atoms with van der Waals surface area (Å²) in [5.74, 6) is -0.986. The number of ketones is 1. The summed E-state index contributed by atoms with van der Waals surface area (Å²) in [5.41, 5.74) is 6.34. The van der Waals surface area contributed by atoms with Gasteiger partial charge in [0.25, 0.3) is 0 Å². The van der Waals surface area contributed by atoms with Gasteiger partial charge in [-0.25, -0.2) is 0 Å². The Hall–Kier alpha value is -2.22. The van der Waals surface area contributed by atoms with Crippen LogP contribution in [0.4, 0.5) is 5.00 Å². The van der Waals surface area contributed by atoms with Gasteiger partial charge in [-0.15, -0.1) is 11.3 Å². The van der Waals surface area contributed by atoms with E-state index >= 15 is 0 Å². The highest BCUT2D eigenvalue weighted by Gasteiger charge is 2.21. The number of esters is 1. The molecule has 0 aliphatic rings. The average Bonchev–Trinajstić information content (AvgIpc) is 3.01. The minimum absolute atomic E-state index is 0.275. The molecule has 2 rings (SSSR count). The normalized spacial score (nSPS) is 11.7. The van der Waals surface area contributed by atoms with Crippen molar-refractivity contribution in [2.24, 2.45) is 5.73 Å². The van der Waals surface area contributed by atoms with Crippen LogP contribution in [0.15, 0.2) is 30.3 Å². The maximum absolute atomic E-state index is 12.9. The van der Waals surface area contributed by atoms with Crippen LogP contribution >= 0.6 is 22.9 Å². The molecule has 0 unspecified atom stereocenters. The Kier molecular flexibility index (Phi) is 7.53. The molecular weight excluding hydrogens is 388 g/mol. The molecule has 8 heteroatoms. The molecule has 1 amide bonds. The van der Waals surface area contributed by atoms with E-state index < -0.39 is 6.04 Å². The number of anilines is 1. The van der Waals surface area contributed by atoms with E-state index in [0.717, 1.165) is 4.88 Å². The molecule has 0 radical (unpaired) electrons. The number of nitrogens with two attached hydrogens (primary N) is 1. The zero-order valence-electron chi connectivity index (χ0n) is 15.1. The van der Waals surface area contributed by atoms with Gasteiger partial charge in [0.15, 0.2) is 5.78 Å². The van der Waals surface area contributed by atoms with Crippen molar-refractivity contribution in [2.45, 2.75) is 32.7 Å². The third kappa shape index (κ3) is 5.89. The minimum atomic E-state index is -0.706. The van der Waals surface area contributed by atoms with Crippen molar-refractivity contribution in [1.29, 1.82) is 0 Å². The predicted octanol–water partition coefficient (Wildman–Crippen LogP) is 3.41. The smallest absolute Gasteiger partial charge is 0.302 e. The molecule has 0 aliphatic carbocycles. The van der Waals surface area contributed by atoms with Crippen LogP contribution in [0.25, 0.3) is 0 Å². The fraction of sp³-hybridized carbons (Fsp3) is 0.316. The molecule has 1 aromatic heterocycles. The van der Waals surface area contributed by atoms with E-state index in [9.17, 15) is 14.4 Å². The highest BCUT2D eigenvalue weighted by molar-refractivity contribution is 7.16. The Bertz CT molecular complexity index is 848. The van der Waals surface area contributed by atoms with Crippen molar-refractivity contribution in [3.8, 4) is 0 Å². The summed E-state index contributed by atoms with van der Waals surface area (Å²) in [4.78, 5) is 36.7. The second kappa shape index (κ2) is 9.64. The van der Waals surface area contributed by atoms with E-state index in [1.807, 2.05) is 0 Å². The fourth-order valence-corrected chi connectivity index (χ4v) is 3.63. The number of nitrogens with one attached hydrogen (secondary N) is 1. The molecule has 0 bridgehead atoms. The lowest BCUT2D eigenvalue weighted by Gasteiger charge is -2.08. The molecule has 1 heterocycles. The molecule has 0 aliphatic heterocycles. The third-order valence-electron chi connectivity index (χ3n) is 3.67. The van der Waals surface area contributed by atoms with Crippen LogP contribution in [0.1, 0.15) is 41.1 Å². The van der Waals surface area contributed by atoms with Crippen LogP contribution in [0.5, 0.6) is 0 Å². The summed E-state index contributed by atoms with van der Waals surface area (Å²) in [6, 6.07) is 7.78. The SMILES string of the molecule is CC(=O)OCCCc1cc(C(=O)c2ccccc2Cl)c(NC(=O)[C@H](C)N)s1. The van der Waals surface area contributed by atoms with Gasteiger partial charge in [0.2, 0.25) is 5.91 Å². The lowest BCUT2D eigenvalue weighted by molar-refractivity contribution is -0.141. The van der Waals surface area contributed by atoms with Crippen LogP contribution in [0.3, 0.4) is 0 Å². The zero-order chi connectivity index (χ0) is 20.0. The highest BCUT2D eigenvalue weighted by atomic mass is 35.5. The summed E-state index contributed by atoms with van der Waals surface area (Å²) < 4.78 is 4.92. The average molecular weight is 409 g/mol. The molecular formula is C19H21ClN2O4S. The van der Waals surface area contributed by atoms with Crippen molar-refractivity contribution in [3.63, 3.8) is 0 Å². The van der Waals surface area contributed by atoms with E-state index in [1.54, 1.807) is 37.3 Å². The van der Waals surface area contributed by atoms with Gasteiger partial charge in [-0.1, -0.05) is 23.7 Å². The molecule has 0 saturated carbocycles. The number of halogens is 1. The monoisotopic (exact) mass is 408 g/mol. The Labute approximate surface area is 166 Å². The quantitative estimate of drug-likeness (QED) is 0.396. The van der Waals surface area contributed by atoms with Gasteiger partial charge in [0, 0.05) is 17.4 Å². The summed E-state index contributed by atoms with van der Waals surface area (Å²) in [5, 5.41) is 3.49. The Morgan fingerprint density at radius 3 is 2.59 bits per heavy atom. The number of amides is 1. The first kappa shape index (κ1) is 21.1. The molecule has 1 aromatic carbocycles. The van der Waals surface area contributed by atoms with Gasteiger partial charge in [0.1, 0.15) is 5.00 Å². The van der Waals surface area contributed by atoms with E-state index in [0.29, 0.717) is 40.6 Å². The highest BCUT2D eigenvalue weighted by Crippen LogP contribution is 2.32. The summed E-state index contributed by atoms with van der Waals surface area (Å²) >= 11 is 7.44. The number of benzene rings is 1. The number of carbonyl (C=O) groups excluding carboxylic acids is 3. The fourth-order valence-electron chi connectivity index (χ4n) is 2.31. The summed E-state index contributed by atoms with van der Waals surface area (Å²) in [6.07, 6.45) is 1.22. The van der Waals surface area contributed by atoms with E-state index in [1.165, 1.54) is 18.3 Å². The molecule has 1 atom stereocenters. The number of ether oxygens (including phenoxy) is 1. The molecule has 3 N–H and O–H groups in total. The van der Waals surface area contributed by atoms with Crippen molar-refractivity contribution >= 4 is 45.6 Å². The Balaban J connectivity index is 2.26. The molecule has 144 valence electrons. The minimum Gasteiger partial charge on any atom is -0.466 e. The first-order valence-electron chi connectivity index (χ1n) is 8.41. The summed E-state index contributed by atoms with van der Waals surface area (Å²) in [6.45, 7) is 3.22. The van der Waals surface area contributed by atoms with Crippen LogP contribution in [0.2, 0.25) is 5.02 Å². The number of carbonyl (C=O) groups is 3. The Morgan fingerprint density at radius 2 is 1.96 bits per heavy atom. The van der Waals surface area contributed by atoms with Gasteiger partial charge < -0.3 is 15.8 Å². The van der Waals surface area contributed by atoms with Crippen molar-refractivity contribution in [1.82, 2.24) is 0 Å². The zero-order valence-corrected chi connectivity index (χ0v) is 16.7. The number of hydrogen-bond acceptors (Lipinski definition) is 6. The van der Waals surface area contributed by atoms with Gasteiger partial charge in [-0.05, 0) is 38.0 Å². The van der Waals surface area contributed by atoms with Gasteiger partial charge in [0.05, 0.1) is 23.2 Å². The van der Waals surface area contributed by atoms with E-state index in [2.05, 4.69) is 5.32 Å². The standard InChI is InChI=1S/C19H21ClN2O4S/c1-11(21)18(25)22-19-15(17(24)14-7-3-4-8-16(14)20)10-13(27-19)6-5-9-26-12(2)23/h3-4,7-8,10-11H,5-6,9,21H2,1-2H3,(H,22,25)/t11-/m0/s1. The first-order valence-corrected chi connectivity index (χ1v) is 9.60. The van der Waals surface area contributed by atoms with Gasteiger partial charge in [-0.3, -0.25) is 14.4 Å². The molecule has 27 heavy (non-hydrogen) atoms. The number of hydrogen-bond donors (Lipinski definition) is 2. The maximum atomic E-state index is 12.9. The van der Waals surface area contributed by atoms with Gasteiger partial charge in [-0.2, -0.15) is 0 Å². The topological polar surface area (TPSA) is 98.5 Å². The lowest BCUT2D eigenvalue weighted by Crippen LogP contribution is -2.32. The van der Waals surface area contributed by atoms with Gasteiger partial charge >= 0.3 is 5.97 Å². The number of thiophene rings is 1. The number of rotatable bonds is 8. The van der Waals surface area contributed by atoms with E-state index in [4.69, 9.17) is 22.1 Å². The van der Waals surface area contributed by atoms with Crippen LogP contribution < -0.4 is 11.1 Å². The molecule has 0 spiro atoms. The molecule has 6 nitrogen and oxygen atoms in total. The largest absolute Gasteiger partial charge is 0.466 e. The maximum Gasteiger partial charge on any atom is 0.302 e. The van der Waals surface area contributed by atoms with Crippen molar-refractivity contribution < 1.29 is 19.1 Å². The summed E-state index contributed by atoms with van der Waals surface area (Å²) in [7, 11) is 0. The van der Waals surface area contributed by atoms with Crippen LogP contribution in [-0.4, -0.2) is 30.3 Å². The van der Waals surface area contributed by atoms with E-state index in [-0.39, 0.29) is 17.7 Å². The molecule has 2 aromatic rings. The van der Waals surface area contributed by atoms with Crippen molar-refractivity contribution in [3.05, 3.63) is 51.4 Å². The predicted molar refractivity (Wildman–Crippen MR) is 106 cm³/mol. The Morgan fingerprint density at radius 1 is 1.26 bits per heavy atom. The number of aryl methyl sites for hydroxylation is 1.